The van der Waals surface area contributed by atoms with Crippen LogP contribution in [-0.2, 0) is 11.2 Å². The molecule has 5 nitrogen and oxygen atoms in total. The molecule has 0 saturated carbocycles. The van der Waals surface area contributed by atoms with Gasteiger partial charge in [-0.05, 0) is 42.8 Å². The Morgan fingerprint density at radius 1 is 1.15 bits per heavy atom. The molecule has 0 unspecified atom stereocenters. The van der Waals surface area contributed by atoms with Crippen LogP contribution in [0.2, 0.25) is 0 Å². The Kier molecular flexibility index (Phi) is 5.49. The molecule has 0 bridgehead atoms. The Bertz CT molecular complexity index is 896. The van der Waals surface area contributed by atoms with Crippen molar-refractivity contribution in [1.82, 2.24) is 4.98 Å². The van der Waals surface area contributed by atoms with E-state index in [0.29, 0.717) is 18.9 Å². The van der Waals surface area contributed by atoms with E-state index in [2.05, 4.69) is 4.98 Å². The lowest BCUT2D eigenvalue weighted by atomic mass is 10.2. The molecular weight excluding hydrogens is 330 g/mol. The van der Waals surface area contributed by atoms with E-state index in [4.69, 9.17) is 14.3 Å². The molecule has 0 aliphatic carbocycles. The molecule has 0 saturated heterocycles. The smallest absolute Gasteiger partial charge is 0.328 e. The molecule has 5 heteroatoms. The third-order valence-electron chi connectivity index (χ3n) is 3.82. The van der Waals surface area contributed by atoms with Crippen LogP contribution in [0.3, 0.4) is 0 Å². The summed E-state index contributed by atoms with van der Waals surface area (Å²) < 4.78 is 11.5. The first kappa shape index (κ1) is 17.5. The molecule has 26 heavy (non-hydrogen) atoms. The van der Waals surface area contributed by atoms with Crippen LogP contribution in [-0.4, -0.2) is 22.7 Å². The van der Waals surface area contributed by atoms with Gasteiger partial charge in [0.15, 0.2) is 0 Å². The van der Waals surface area contributed by atoms with Crippen LogP contribution in [0.15, 0.2) is 65.1 Å². The number of rotatable bonds is 7. The number of oxazole rings is 1. The number of nitrogens with zero attached hydrogens (tertiary/aromatic N) is 1. The Balaban J connectivity index is 1.57. The minimum atomic E-state index is -0.969. The summed E-state index contributed by atoms with van der Waals surface area (Å²) in [5.41, 5.74) is 2.64. The number of carbonyl (C=O) groups is 1. The van der Waals surface area contributed by atoms with Crippen molar-refractivity contribution in [2.24, 2.45) is 0 Å². The van der Waals surface area contributed by atoms with Gasteiger partial charge in [0, 0.05) is 18.1 Å². The number of aliphatic carboxylic acids is 1. The molecule has 0 spiro atoms. The summed E-state index contributed by atoms with van der Waals surface area (Å²) >= 11 is 0. The molecule has 1 heterocycles. The average molecular weight is 349 g/mol. The van der Waals surface area contributed by atoms with E-state index in [1.165, 1.54) is 6.08 Å². The summed E-state index contributed by atoms with van der Waals surface area (Å²) in [4.78, 5) is 15.1. The summed E-state index contributed by atoms with van der Waals surface area (Å²) in [6.07, 6.45) is 3.28. The Hall–Kier alpha value is -3.34. The van der Waals surface area contributed by atoms with Crippen molar-refractivity contribution in [2.75, 3.05) is 6.61 Å². The molecule has 0 fully saturated rings. The molecule has 0 radical (unpaired) electrons. The van der Waals surface area contributed by atoms with Crippen molar-refractivity contribution in [3.8, 4) is 17.2 Å². The van der Waals surface area contributed by atoms with Crippen molar-refractivity contribution >= 4 is 12.0 Å². The highest BCUT2D eigenvalue weighted by Crippen LogP contribution is 2.22. The number of carboxylic acids is 1. The third-order valence-corrected chi connectivity index (χ3v) is 3.82. The van der Waals surface area contributed by atoms with Crippen LogP contribution in [0.1, 0.15) is 17.0 Å². The van der Waals surface area contributed by atoms with Crippen LogP contribution < -0.4 is 4.74 Å². The fourth-order valence-corrected chi connectivity index (χ4v) is 2.47. The van der Waals surface area contributed by atoms with Gasteiger partial charge in [0.2, 0.25) is 5.89 Å². The van der Waals surface area contributed by atoms with Gasteiger partial charge in [0.25, 0.3) is 0 Å². The number of aromatic nitrogens is 1. The van der Waals surface area contributed by atoms with Gasteiger partial charge in [-0.1, -0.05) is 30.3 Å². The first-order valence-corrected chi connectivity index (χ1v) is 8.27. The maximum atomic E-state index is 10.5. The second-order valence-electron chi connectivity index (χ2n) is 5.73. The van der Waals surface area contributed by atoms with Gasteiger partial charge >= 0.3 is 5.97 Å². The summed E-state index contributed by atoms with van der Waals surface area (Å²) in [6, 6.07) is 17.0. The molecule has 0 amide bonds. The lowest BCUT2D eigenvalue weighted by Gasteiger charge is -2.05. The summed E-state index contributed by atoms with van der Waals surface area (Å²) in [7, 11) is 0. The van der Waals surface area contributed by atoms with Crippen molar-refractivity contribution in [2.45, 2.75) is 13.3 Å². The van der Waals surface area contributed by atoms with Gasteiger partial charge in [-0.15, -0.1) is 0 Å². The third kappa shape index (κ3) is 4.60. The molecule has 132 valence electrons. The van der Waals surface area contributed by atoms with Gasteiger partial charge in [-0.25, -0.2) is 9.78 Å². The normalized spacial score (nSPS) is 11.0. The quantitative estimate of drug-likeness (QED) is 0.641. The molecule has 1 N–H and O–H groups in total. The number of carboxylic acid groups (broad SMARTS) is 1. The number of aryl methyl sites for hydroxylation is 1. The molecule has 0 atom stereocenters. The highest BCUT2D eigenvalue weighted by Gasteiger charge is 2.11. The van der Waals surface area contributed by atoms with Crippen LogP contribution in [0, 0.1) is 6.92 Å². The zero-order chi connectivity index (χ0) is 18.4. The predicted molar refractivity (Wildman–Crippen MR) is 99.0 cm³/mol. The second kappa shape index (κ2) is 8.16. The molecule has 2 aromatic carbocycles. The van der Waals surface area contributed by atoms with Gasteiger partial charge < -0.3 is 14.3 Å². The van der Waals surface area contributed by atoms with E-state index in [-0.39, 0.29) is 0 Å². The van der Waals surface area contributed by atoms with Crippen molar-refractivity contribution in [3.05, 3.63) is 77.7 Å². The van der Waals surface area contributed by atoms with Gasteiger partial charge in [-0.2, -0.15) is 0 Å². The predicted octanol–water partition coefficient (Wildman–Crippen LogP) is 4.37. The fourth-order valence-electron chi connectivity index (χ4n) is 2.47. The van der Waals surface area contributed by atoms with E-state index in [9.17, 15) is 4.79 Å². The van der Waals surface area contributed by atoms with Crippen LogP contribution in [0.5, 0.6) is 5.75 Å². The number of hydrogen-bond donors (Lipinski definition) is 1. The average Bonchev–Trinajstić information content (AvgIpc) is 3.03. The minimum absolute atomic E-state index is 0.478. The van der Waals surface area contributed by atoms with Crippen LogP contribution in [0.4, 0.5) is 0 Å². The first-order valence-electron chi connectivity index (χ1n) is 8.27. The van der Waals surface area contributed by atoms with Gasteiger partial charge in [-0.3, -0.25) is 0 Å². The topological polar surface area (TPSA) is 72.6 Å². The minimum Gasteiger partial charge on any atom is -0.493 e. The zero-order valence-electron chi connectivity index (χ0n) is 14.4. The highest BCUT2D eigenvalue weighted by atomic mass is 16.5. The maximum absolute atomic E-state index is 10.5. The van der Waals surface area contributed by atoms with E-state index < -0.39 is 5.97 Å². The molecular formula is C21H19NO4. The lowest BCUT2D eigenvalue weighted by Crippen LogP contribution is -2.02. The fraction of sp³-hybridized carbons (Fsp3) is 0.143. The lowest BCUT2D eigenvalue weighted by molar-refractivity contribution is -0.131. The summed E-state index contributed by atoms with van der Waals surface area (Å²) in [5, 5.41) is 8.63. The zero-order valence-corrected chi connectivity index (χ0v) is 14.4. The monoisotopic (exact) mass is 349 g/mol. The molecule has 0 aliphatic heterocycles. The second-order valence-corrected chi connectivity index (χ2v) is 5.73. The summed E-state index contributed by atoms with van der Waals surface area (Å²) in [5.74, 6) is 1.17. The molecule has 0 aliphatic rings. The molecule has 1 aromatic heterocycles. The van der Waals surface area contributed by atoms with E-state index in [1.54, 1.807) is 0 Å². The van der Waals surface area contributed by atoms with Crippen LogP contribution >= 0.6 is 0 Å². The number of ether oxygens (including phenoxy) is 1. The standard InChI is InChI=1S/C21H19NO4/c1-15-19(22-21(26-15)17-5-3-2-4-6-17)13-14-25-18-10-7-16(8-11-18)9-12-20(23)24/h2-12H,13-14H2,1H3,(H,23,24). The SMILES string of the molecule is Cc1oc(-c2ccccc2)nc1CCOc1ccc(C=CC(=O)O)cc1. The van der Waals surface area contributed by atoms with E-state index in [0.717, 1.165) is 34.4 Å². The van der Waals surface area contributed by atoms with E-state index >= 15 is 0 Å². The Morgan fingerprint density at radius 2 is 1.88 bits per heavy atom. The Morgan fingerprint density at radius 3 is 2.58 bits per heavy atom. The summed E-state index contributed by atoms with van der Waals surface area (Å²) in [6.45, 7) is 2.38. The van der Waals surface area contributed by atoms with Crippen molar-refractivity contribution in [1.29, 1.82) is 0 Å². The van der Waals surface area contributed by atoms with Gasteiger partial charge in [0.1, 0.15) is 11.5 Å². The Labute approximate surface area is 151 Å². The van der Waals surface area contributed by atoms with Crippen LogP contribution in [0.25, 0.3) is 17.5 Å². The maximum Gasteiger partial charge on any atom is 0.328 e. The van der Waals surface area contributed by atoms with Crippen molar-refractivity contribution in [3.63, 3.8) is 0 Å². The van der Waals surface area contributed by atoms with Crippen molar-refractivity contribution < 1.29 is 19.1 Å². The number of hydrogen-bond acceptors (Lipinski definition) is 4. The van der Waals surface area contributed by atoms with E-state index in [1.807, 2.05) is 61.5 Å². The first-order chi connectivity index (χ1) is 12.6. The highest BCUT2D eigenvalue weighted by molar-refractivity contribution is 5.85. The van der Waals surface area contributed by atoms with Gasteiger partial charge in [0.05, 0.1) is 12.3 Å². The largest absolute Gasteiger partial charge is 0.493 e. The molecule has 3 aromatic rings. The molecule has 3 rings (SSSR count). The number of benzene rings is 2.